The van der Waals surface area contributed by atoms with Crippen LogP contribution in [0.15, 0.2) is 97.1 Å². The van der Waals surface area contributed by atoms with Gasteiger partial charge in [0.15, 0.2) is 0 Å². The first-order valence-corrected chi connectivity index (χ1v) is 24.2. The lowest BCUT2D eigenvalue weighted by Gasteiger charge is -2.26. The molecule has 0 aliphatic rings. The number of aliphatic hydroxyl groups excluding tert-OH is 4. The van der Waals surface area contributed by atoms with Crippen molar-refractivity contribution >= 4 is 11.6 Å². The van der Waals surface area contributed by atoms with Gasteiger partial charge in [0.2, 0.25) is 0 Å². The van der Waals surface area contributed by atoms with Gasteiger partial charge in [-0.05, 0) is 90.0 Å². The van der Waals surface area contributed by atoms with E-state index in [-0.39, 0.29) is 63.0 Å². The van der Waals surface area contributed by atoms with Crippen molar-refractivity contribution in [1.29, 1.82) is 0 Å². The summed E-state index contributed by atoms with van der Waals surface area (Å²) in [5.74, 6) is 3.01. The minimum absolute atomic E-state index is 0.149. The highest BCUT2D eigenvalue weighted by Gasteiger charge is 2.25. The van der Waals surface area contributed by atoms with E-state index in [0.29, 0.717) is 31.3 Å². The molecule has 0 spiro atoms. The van der Waals surface area contributed by atoms with Gasteiger partial charge in [0.25, 0.3) is 0 Å². The van der Waals surface area contributed by atoms with Gasteiger partial charge in [0.1, 0.15) is 73.8 Å². The minimum Gasteiger partial charge on any atom is -0.491 e. The minimum atomic E-state index is -0.673. The Kier molecular flexibility index (Phi) is 26.7. The summed E-state index contributed by atoms with van der Waals surface area (Å²) >= 11 is 5.59. The Morgan fingerprint density at radius 3 is 0.818 bits per heavy atom. The van der Waals surface area contributed by atoms with Gasteiger partial charge in [0.05, 0.1) is 25.7 Å². The average molecular weight is 940 g/mol. The third-order valence-electron chi connectivity index (χ3n) is 11.1. The van der Waals surface area contributed by atoms with Gasteiger partial charge in [-0.25, -0.2) is 0 Å². The molecule has 12 heteroatoms. The Balaban J connectivity index is 0.000000353. The van der Waals surface area contributed by atoms with Crippen LogP contribution in [0.3, 0.4) is 0 Å². The van der Waals surface area contributed by atoms with Gasteiger partial charge in [-0.1, -0.05) is 116 Å². The largest absolute Gasteiger partial charge is 0.491 e. The second kappa shape index (κ2) is 31.2. The predicted octanol–water partition coefficient (Wildman–Crippen LogP) is 9.67. The summed E-state index contributed by atoms with van der Waals surface area (Å²) in [7, 11) is 0. The van der Waals surface area contributed by atoms with Crippen molar-refractivity contribution < 1.29 is 53.6 Å². The second-order valence-electron chi connectivity index (χ2n) is 17.6. The highest BCUT2D eigenvalue weighted by molar-refractivity contribution is 6.18. The fraction of sp³-hybridized carbons (Fsp3) is 0.556. The molecular formula is C54H79ClO11. The Morgan fingerprint density at radius 1 is 0.379 bits per heavy atom. The zero-order chi connectivity index (χ0) is 48.2. The maximum atomic E-state index is 10.0. The van der Waals surface area contributed by atoms with E-state index in [1.54, 1.807) is 0 Å². The third-order valence-corrected chi connectivity index (χ3v) is 11.5. The van der Waals surface area contributed by atoms with Gasteiger partial charge >= 0.3 is 0 Å². The van der Waals surface area contributed by atoms with Crippen molar-refractivity contribution in [1.82, 2.24) is 0 Å². The van der Waals surface area contributed by atoms with E-state index in [1.807, 2.05) is 72.8 Å². The van der Waals surface area contributed by atoms with Crippen LogP contribution in [0.25, 0.3) is 0 Å². The zero-order valence-electron chi connectivity index (χ0n) is 40.6. The molecule has 0 radical (unpaired) electrons. The van der Waals surface area contributed by atoms with E-state index in [9.17, 15) is 20.4 Å². The molecule has 4 atom stereocenters. The number of hydrogen-bond acceptors (Lipinski definition) is 11. The van der Waals surface area contributed by atoms with Crippen molar-refractivity contribution in [3.05, 3.63) is 119 Å². The maximum absolute atomic E-state index is 10.0. The lowest BCUT2D eigenvalue weighted by molar-refractivity contribution is 0.0113. The number of unbranched alkanes of at least 4 members (excludes halogenated alkanes) is 3. The fourth-order valence-electron chi connectivity index (χ4n) is 6.56. The molecule has 66 heavy (non-hydrogen) atoms. The molecule has 0 amide bonds. The number of benzene rings is 4. The van der Waals surface area contributed by atoms with E-state index < -0.39 is 24.4 Å². The Labute approximate surface area is 400 Å². The topological polar surface area (TPSA) is 146 Å². The molecule has 4 aromatic rings. The molecule has 0 aliphatic carbocycles. The first-order chi connectivity index (χ1) is 31.7. The SMILES string of the molecule is CCCCOCC(O)COc1ccc(C(C)(C)c2ccc(OCC(O)CCl)cc2)cc1.CCCCOCC(O)COc1ccc(C(C)(C)c2ccc(OCC(O)COCCCC)cc2)cc1. The zero-order valence-corrected chi connectivity index (χ0v) is 41.3. The van der Waals surface area contributed by atoms with Gasteiger partial charge in [-0.2, -0.15) is 0 Å². The van der Waals surface area contributed by atoms with E-state index in [0.717, 1.165) is 72.3 Å². The fourth-order valence-corrected chi connectivity index (χ4v) is 6.65. The second-order valence-corrected chi connectivity index (χ2v) is 18.0. The molecule has 0 saturated heterocycles. The molecule has 4 N–H and O–H groups in total. The van der Waals surface area contributed by atoms with Crippen LogP contribution in [0.2, 0.25) is 0 Å². The summed E-state index contributed by atoms with van der Waals surface area (Å²) < 4.78 is 39.0. The van der Waals surface area contributed by atoms with Crippen molar-refractivity contribution in [2.24, 2.45) is 0 Å². The van der Waals surface area contributed by atoms with E-state index in [4.69, 9.17) is 44.8 Å². The molecule has 0 saturated carbocycles. The number of rotatable bonds is 32. The summed E-state index contributed by atoms with van der Waals surface area (Å²) in [5, 5.41) is 39.5. The molecule has 4 aromatic carbocycles. The molecule has 0 aliphatic heterocycles. The van der Waals surface area contributed by atoms with Crippen molar-refractivity contribution in [3.63, 3.8) is 0 Å². The van der Waals surface area contributed by atoms with Crippen molar-refractivity contribution in [2.75, 3.05) is 71.9 Å². The number of ether oxygens (including phenoxy) is 7. The Morgan fingerprint density at radius 2 is 0.606 bits per heavy atom. The highest BCUT2D eigenvalue weighted by Crippen LogP contribution is 2.35. The van der Waals surface area contributed by atoms with Crippen LogP contribution in [0, 0.1) is 0 Å². The first kappa shape index (κ1) is 56.4. The van der Waals surface area contributed by atoms with Crippen LogP contribution >= 0.6 is 11.6 Å². The van der Waals surface area contributed by atoms with Crippen LogP contribution in [0.5, 0.6) is 23.0 Å². The third kappa shape index (κ3) is 20.9. The van der Waals surface area contributed by atoms with Crippen molar-refractivity contribution in [2.45, 2.75) is 122 Å². The van der Waals surface area contributed by atoms with E-state index in [2.05, 4.69) is 72.7 Å². The van der Waals surface area contributed by atoms with Gasteiger partial charge < -0.3 is 53.6 Å². The van der Waals surface area contributed by atoms with E-state index >= 15 is 0 Å². The molecule has 0 aromatic heterocycles. The monoisotopic (exact) mass is 939 g/mol. The molecule has 368 valence electrons. The summed E-state index contributed by atoms with van der Waals surface area (Å²) in [6.45, 7) is 18.6. The van der Waals surface area contributed by atoms with Crippen LogP contribution in [0.4, 0.5) is 0 Å². The lowest BCUT2D eigenvalue weighted by atomic mass is 9.78. The van der Waals surface area contributed by atoms with Crippen LogP contribution in [-0.4, -0.2) is 117 Å². The molecule has 0 bridgehead atoms. The van der Waals surface area contributed by atoms with Gasteiger partial charge in [0, 0.05) is 30.7 Å². The summed E-state index contributed by atoms with van der Waals surface area (Å²) in [6, 6.07) is 31.7. The highest BCUT2D eigenvalue weighted by atomic mass is 35.5. The molecule has 0 fully saturated rings. The number of hydrogen-bond donors (Lipinski definition) is 4. The van der Waals surface area contributed by atoms with Crippen molar-refractivity contribution in [3.8, 4) is 23.0 Å². The Hall–Kier alpha value is -3.91. The number of aliphatic hydroxyl groups is 4. The smallest absolute Gasteiger partial charge is 0.119 e. The van der Waals surface area contributed by atoms with Gasteiger partial charge in [-0.15, -0.1) is 11.6 Å². The van der Waals surface area contributed by atoms with Gasteiger partial charge in [-0.3, -0.25) is 0 Å². The summed E-state index contributed by atoms with van der Waals surface area (Å²) in [4.78, 5) is 0. The molecule has 4 rings (SSSR count). The molecule has 11 nitrogen and oxygen atoms in total. The molecule has 4 unspecified atom stereocenters. The summed E-state index contributed by atoms with van der Waals surface area (Å²) in [6.07, 6.45) is 3.63. The normalized spacial score (nSPS) is 13.5. The quantitative estimate of drug-likeness (QED) is 0.0274. The average Bonchev–Trinajstić information content (AvgIpc) is 3.33. The predicted molar refractivity (Wildman–Crippen MR) is 264 cm³/mol. The molecular weight excluding hydrogens is 860 g/mol. The van der Waals surface area contributed by atoms with E-state index in [1.165, 1.54) is 0 Å². The first-order valence-electron chi connectivity index (χ1n) is 23.7. The Bertz CT molecular complexity index is 1750. The molecule has 0 heterocycles. The summed E-state index contributed by atoms with van der Waals surface area (Å²) in [5.41, 5.74) is 4.18. The maximum Gasteiger partial charge on any atom is 0.119 e. The standard InChI is InChI=1S/C29H44O6.C25H35ClO5/c1-5-7-17-32-19-25(30)21-34-27-13-9-23(10-14-27)29(3,4)24-11-15-28(16-12-24)35-22-26(31)20-33-18-8-6-2;1-4-5-14-29-16-22(28)18-31-24-12-8-20(9-13-24)25(2,3)19-6-10-23(11-7-19)30-17-21(27)15-26/h9-16,25-26,30-31H,5-8,17-22H2,1-4H3;6-13,21-22,27-28H,4-5,14-18H2,1-3H3. The number of halogens is 1. The lowest BCUT2D eigenvalue weighted by Crippen LogP contribution is -2.24. The van der Waals surface area contributed by atoms with Crippen LogP contribution in [0.1, 0.15) is 109 Å². The van der Waals surface area contributed by atoms with Crippen LogP contribution in [-0.2, 0) is 25.0 Å². The van der Waals surface area contributed by atoms with Crippen LogP contribution < -0.4 is 18.9 Å². The number of alkyl halides is 1.